The molecule has 8 heteroatoms. The topological polar surface area (TPSA) is 96.8 Å². The van der Waals surface area contributed by atoms with E-state index in [2.05, 4.69) is 75.6 Å². The summed E-state index contributed by atoms with van der Waals surface area (Å²) >= 11 is 0. The van der Waals surface area contributed by atoms with Crippen LogP contribution in [0.15, 0.2) is 140 Å². The number of hydrogen-bond donors (Lipinski definition) is 2. The number of rotatable bonds is 11. The lowest BCUT2D eigenvalue weighted by Gasteiger charge is -2.43. The number of ether oxygens (including phenoxy) is 2. The van der Waals surface area contributed by atoms with Crippen LogP contribution in [-0.4, -0.2) is 38.5 Å². The van der Waals surface area contributed by atoms with Crippen LogP contribution in [0.25, 0.3) is 11.0 Å². The van der Waals surface area contributed by atoms with E-state index < -0.39 is 6.29 Å². The average Bonchev–Trinajstić information content (AvgIpc) is 3.16. The molecule has 2 heterocycles. The Hall–Kier alpha value is -5.25. The van der Waals surface area contributed by atoms with Gasteiger partial charge in [-0.1, -0.05) is 116 Å². The van der Waals surface area contributed by atoms with Crippen molar-refractivity contribution in [1.82, 2.24) is 14.9 Å². The third kappa shape index (κ3) is 7.96. The van der Waals surface area contributed by atoms with Crippen molar-refractivity contribution in [3.05, 3.63) is 173 Å². The molecule has 4 atom stereocenters. The monoisotopic (exact) mass is 664 g/mol. The van der Waals surface area contributed by atoms with E-state index in [1.165, 1.54) is 17.3 Å². The van der Waals surface area contributed by atoms with E-state index in [1.807, 2.05) is 84.9 Å². The Kier molecular flexibility index (Phi) is 10.3. The largest absolute Gasteiger partial charge is 0.392 e. The third-order valence-corrected chi connectivity index (χ3v) is 9.16. The zero-order valence-electron chi connectivity index (χ0n) is 27.9. The van der Waals surface area contributed by atoms with E-state index in [0.29, 0.717) is 17.7 Å². The number of aliphatic hydroxyl groups is 1. The third-order valence-electron chi connectivity index (χ3n) is 9.16. The molecule has 1 aliphatic rings. The molecule has 8 nitrogen and oxygen atoms in total. The predicted octanol–water partition coefficient (Wildman–Crippen LogP) is 7.87. The van der Waals surface area contributed by atoms with E-state index in [-0.39, 0.29) is 36.3 Å². The molecule has 1 aliphatic heterocycles. The smallest absolute Gasteiger partial charge is 0.275 e. The number of carbonyl (C=O) groups excluding carboxylic acids is 1. The maximum Gasteiger partial charge on any atom is 0.275 e. The van der Waals surface area contributed by atoms with Gasteiger partial charge < -0.3 is 19.9 Å². The molecule has 252 valence electrons. The number of fused-ring (bicyclic) bond motifs is 1. The molecule has 4 unspecified atom stereocenters. The minimum atomic E-state index is -0.689. The SMILES string of the molecule is CC1C(CN(Cc2ccccc2)Cc2ccccc2)OC(c2cccc(NC(=O)c3cnc4ccccc4n3)c2)OC1c1ccc(CO)cc1. The Morgan fingerprint density at radius 1 is 0.740 bits per heavy atom. The number of nitrogens with one attached hydrogen (secondary N) is 1. The lowest BCUT2D eigenvalue weighted by molar-refractivity contribution is -0.276. The summed E-state index contributed by atoms with van der Waals surface area (Å²) in [5.74, 6) is -0.341. The fraction of sp³-hybridized carbons (Fsp3) is 0.214. The molecule has 2 N–H and O–H groups in total. The molecule has 1 amide bonds. The number of carbonyl (C=O) groups is 1. The maximum atomic E-state index is 13.3. The van der Waals surface area contributed by atoms with E-state index in [0.717, 1.165) is 35.3 Å². The summed E-state index contributed by atoms with van der Waals surface area (Å²) in [6.07, 6.45) is 0.346. The van der Waals surface area contributed by atoms with E-state index in [1.54, 1.807) is 0 Å². The van der Waals surface area contributed by atoms with Crippen LogP contribution >= 0.6 is 0 Å². The molecule has 1 aromatic heterocycles. The molecule has 0 aliphatic carbocycles. The number of para-hydroxylation sites is 2. The van der Waals surface area contributed by atoms with Crippen molar-refractivity contribution in [2.24, 2.45) is 5.92 Å². The van der Waals surface area contributed by atoms with Gasteiger partial charge in [-0.3, -0.25) is 14.7 Å². The van der Waals surface area contributed by atoms with Gasteiger partial charge in [-0.15, -0.1) is 0 Å². The number of amides is 1. The normalized spacial score (nSPS) is 19.0. The van der Waals surface area contributed by atoms with Crippen LogP contribution in [0.5, 0.6) is 0 Å². The molecular formula is C42H40N4O4. The maximum absolute atomic E-state index is 13.3. The van der Waals surface area contributed by atoms with Crippen molar-refractivity contribution in [1.29, 1.82) is 0 Å². The van der Waals surface area contributed by atoms with Crippen molar-refractivity contribution in [2.75, 3.05) is 11.9 Å². The van der Waals surface area contributed by atoms with E-state index >= 15 is 0 Å². The first-order valence-corrected chi connectivity index (χ1v) is 17.0. The van der Waals surface area contributed by atoms with Gasteiger partial charge in [0, 0.05) is 36.8 Å². The van der Waals surface area contributed by atoms with E-state index in [9.17, 15) is 9.90 Å². The van der Waals surface area contributed by atoms with Crippen molar-refractivity contribution >= 4 is 22.6 Å². The van der Waals surface area contributed by atoms with Gasteiger partial charge in [-0.25, -0.2) is 4.98 Å². The van der Waals surface area contributed by atoms with Crippen LogP contribution in [0.1, 0.15) is 57.6 Å². The number of anilines is 1. The zero-order valence-corrected chi connectivity index (χ0v) is 27.9. The van der Waals surface area contributed by atoms with Crippen LogP contribution in [-0.2, 0) is 29.2 Å². The van der Waals surface area contributed by atoms with Gasteiger partial charge in [-0.2, -0.15) is 0 Å². The Morgan fingerprint density at radius 2 is 1.40 bits per heavy atom. The first-order valence-electron chi connectivity index (χ1n) is 17.0. The van der Waals surface area contributed by atoms with Crippen LogP contribution in [0, 0.1) is 5.92 Å². The molecule has 5 aromatic carbocycles. The number of benzene rings is 5. The van der Waals surface area contributed by atoms with Crippen molar-refractivity contribution in [3.8, 4) is 0 Å². The summed E-state index contributed by atoms with van der Waals surface area (Å²) in [5, 5.41) is 12.7. The second-order valence-corrected chi connectivity index (χ2v) is 12.8. The molecular weight excluding hydrogens is 624 g/mol. The highest BCUT2D eigenvalue weighted by Crippen LogP contribution is 2.42. The van der Waals surface area contributed by atoms with Gasteiger partial charge in [0.25, 0.3) is 5.91 Å². The molecule has 1 fully saturated rings. The lowest BCUT2D eigenvalue weighted by Crippen LogP contribution is -2.44. The average molecular weight is 665 g/mol. The Balaban J connectivity index is 1.16. The van der Waals surface area contributed by atoms with Crippen LogP contribution in [0.3, 0.4) is 0 Å². The highest BCUT2D eigenvalue weighted by molar-refractivity contribution is 6.03. The summed E-state index contributed by atoms with van der Waals surface area (Å²) in [4.78, 5) is 24.6. The van der Waals surface area contributed by atoms with Gasteiger partial charge in [0.15, 0.2) is 6.29 Å². The van der Waals surface area contributed by atoms with Crippen molar-refractivity contribution in [2.45, 2.75) is 45.1 Å². The molecule has 0 spiro atoms. The summed E-state index contributed by atoms with van der Waals surface area (Å²) in [6, 6.07) is 44.0. The molecule has 0 bridgehead atoms. The van der Waals surface area contributed by atoms with Gasteiger partial charge in [0.05, 0.1) is 36.0 Å². The van der Waals surface area contributed by atoms with Gasteiger partial charge in [0.1, 0.15) is 5.69 Å². The van der Waals surface area contributed by atoms with Gasteiger partial charge in [0.2, 0.25) is 0 Å². The minimum absolute atomic E-state index is 0.00892. The molecule has 0 saturated carbocycles. The Morgan fingerprint density at radius 3 is 2.08 bits per heavy atom. The molecule has 1 saturated heterocycles. The lowest BCUT2D eigenvalue weighted by atomic mass is 9.89. The fourth-order valence-electron chi connectivity index (χ4n) is 6.48. The summed E-state index contributed by atoms with van der Waals surface area (Å²) < 4.78 is 13.6. The number of nitrogens with zero attached hydrogens (tertiary/aromatic N) is 3. The van der Waals surface area contributed by atoms with Gasteiger partial charge in [-0.05, 0) is 46.5 Å². The molecule has 50 heavy (non-hydrogen) atoms. The minimum Gasteiger partial charge on any atom is -0.392 e. The second-order valence-electron chi connectivity index (χ2n) is 12.8. The highest BCUT2D eigenvalue weighted by atomic mass is 16.7. The highest BCUT2D eigenvalue weighted by Gasteiger charge is 2.39. The second kappa shape index (κ2) is 15.5. The van der Waals surface area contributed by atoms with Crippen LogP contribution in [0.2, 0.25) is 0 Å². The summed E-state index contributed by atoms with van der Waals surface area (Å²) in [6.45, 7) is 4.36. The number of hydrogen-bond acceptors (Lipinski definition) is 7. The van der Waals surface area contributed by atoms with Crippen LogP contribution in [0.4, 0.5) is 5.69 Å². The molecule has 6 aromatic rings. The van der Waals surface area contributed by atoms with E-state index in [4.69, 9.17) is 9.47 Å². The van der Waals surface area contributed by atoms with Crippen molar-refractivity contribution in [3.63, 3.8) is 0 Å². The first kappa shape index (κ1) is 33.3. The number of aliphatic hydroxyl groups excluding tert-OH is 1. The number of aromatic nitrogens is 2. The Labute approximate surface area is 292 Å². The molecule has 7 rings (SSSR count). The zero-order chi connectivity index (χ0) is 34.3. The van der Waals surface area contributed by atoms with Gasteiger partial charge >= 0.3 is 0 Å². The van der Waals surface area contributed by atoms with Crippen LogP contribution < -0.4 is 5.32 Å². The predicted molar refractivity (Wildman–Crippen MR) is 194 cm³/mol. The molecule has 0 radical (unpaired) electrons. The fourth-order valence-corrected chi connectivity index (χ4v) is 6.48. The summed E-state index contributed by atoms with van der Waals surface area (Å²) in [7, 11) is 0. The first-order chi connectivity index (χ1) is 24.5. The Bertz CT molecular complexity index is 1980. The van der Waals surface area contributed by atoms with Crippen molar-refractivity contribution < 1.29 is 19.4 Å². The summed E-state index contributed by atoms with van der Waals surface area (Å²) in [5.41, 5.74) is 7.34. The quantitative estimate of drug-likeness (QED) is 0.146. The standard InChI is InChI=1S/C42H40N4O4/c1-29-39(27-46(25-30-11-4-2-5-12-30)26-31-13-6-3-7-14-31)49-42(50-40(29)33-21-19-32(28-47)20-22-33)34-15-10-16-35(23-34)44-41(48)38-24-43-36-17-8-9-18-37(36)45-38/h2-24,29,39-40,42,47H,25-28H2,1H3,(H,44,48).